The number of carboxylic acids is 1. The van der Waals surface area contributed by atoms with Crippen molar-refractivity contribution < 1.29 is 14.7 Å². The average Bonchev–Trinajstić information content (AvgIpc) is 2.37. The first kappa shape index (κ1) is 15.2. The molecule has 4 nitrogen and oxygen atoms in total. The summed E-state index contributed by atoms with van der Waals surface area (Å²) in [7, 11) is 0. The standard InChI is InChI=1S/C15H21NO3/c1-4-11-7-5-6-8-12(11)14(17)16-13(15(18)19)9-10(2)3/h5-8,10,13H,4,9H2,1-3H3,(H,16,17)(H,18,19)/t13-/m1/s1. The van der Waals surface area contributed by atoms with Crippen LogP contribution in [0.4, 0.5) is 0 Å². The molecular weight excluding hydrogens is 242 g/mol. The summed E-state index contributed by atoms with van der Waals surface area (Å²) in [6.45, 7) is 5.83. The van der Waals surface area contributed by atoms with E-state index in [4.69, 9.17) is 5.11 Å². The molecule has 19 heavy (non-hydrogen) atoms. The van der Waals surface area contributed by atoms with Crippen LogP contribution in [0.25, 0.3) is 0 Å². The van der Waals surface area contributed by atoms with Crippen LogP contribution in [-0.2, 0) is 11.2 Å². The van der Waals surface area contributed by atoms with Crippen molar-refractivity contribution in [1.82, 2.24) is 5.32 Å². The molecule has 0 radical (unpaired) electrons. The summed E-state index contributed by atoms with van der Waals surface area (Å²) < 4.78 is 0. The molecule has 0 aliphatic heterocycles. The monoisotopic (exact) mass is 263 g/mol. The molecular formula is C15H21NO3. The summed E-state index contributed by atoms with van der Waals surface area (Å²) in [5.41, 5.74) is 1.48. The molecule has 0 spiro atoms. The summed E-state index contributed by atoms with van der Waals surface area (Å²) >= 11 is 0. The highest BCUT2D eigenvalue weighted by Gasteiger charge is 2.22. The molecule has 1 rings (SSSR count). The fourth-order valence-corrected chi connectivity index (χ4v) is 1.98. The Morgan fingerprint density at radius 1 is 1.26 bits per heavy atom. The highest BCUT2D eigenvalue weighted by Crippen LogP contribution is 2.11. The smallest absolute Gasteiger partial charge is 0.326 e. The third kappa shape index (κ3) is 4.39. The summed E-state index contributed by atoms with van der Waals surface area (Å²) in [5, 5.41) is 11.7. The van der Waals surface area contributed by atoms with Gasteiger partial charge in [0.15, 0.2) is 0 Å². The highest BCUT2D eigenvalue weighted by atomic mass is 16.4. The quantitative estimate of drug-likeness (QED) is 0.828. The normalized spacial score (nSPS) is 12.2. The number of benzene rings is 1. The minimum atomic E-state index is -0.990. The van der Waals surface area contributed by atoms with Crippen molar-refractivity contribution in [2.45, 2.75) is 39.7 Å². The molecule has 0 aliphatic rings. The lowest BCUT2D eigenvalue weighted by Gasteiger charge is -2.17. The maximum absolute atomic E-state index is 12.1. The van der Waals surface area contributed by atoms with E-state index >= 15 is 0 Å². The van der Waals surface area contributed by atoms with E-state index in [2.05, 4.69) is 5.32 Å². The number of hydrogen-bond donors (Lipinski definition) is 2. The van der Waals surface area contributed by atoms with Crippen LogP contribution in [0.5, 0.6) is 0 Å². The molecule has 1 aromatic rings. The molecule has 4 heteroatoms. The molecule has 1 aromatic carbocycles. The van der Waals surface area contributed by atoms with Crippen LogP contribution >= 0.6 is 0 Å². The van der Waals surface area contributed by atoms with E-state index in [0.717, 1.165) is 12.0 Å². The summed E-state index contributed by atoms with van der Waals surface area (Å²) in [6, 6.07) is 6.43. The molecule has 104 valence electrons. The van der Waals surface area contributed by atoms with Gasteiger partial charge in [-0.2, -0.15) is 0 Å². The van der Waals surface area contributed by atoms with Gasteiger partial charge in [0.1, 0.15) is 6.04 Å². The number of amides is 1. The first-order valence-electron chi connectivity index (χ1n) is 6.57. The van der Waals surface area contributed by atoms with E-state index in [9.17, 15) is 9.59 Å². The Kier molecular flexibility index (Phi) is 5.55. The van der Waals surface area contributed by atoms with Crippen LogP contribution in [0.2, 0.25) is 0 Å². The van der Waals surface area contributed by atoms with Crippen LogP contribution in [0, 0.1) is 5.92 Å². The number of hydrogen-bond acceptors (Lipinski definition) is 2. The van der Waals surface area contributed by atoms with Crippen LogP contribution < -0.4 is 5.32 Å². The number of carbonyl (C=O) groups excluding carboxylic acids is 1. The average molecular weight is 263 g/mol. The predicted octanol–water partition coefficient (Wildman–Crippen LogP) is 2.48. The molecule has 0 saturated heterocycles. The minimum Gasteiger partial charge on any atom is -0.480 e. The van der Waals surface area contributed by atoms with Crippen molar-refractivity contribution in [3.8, 4) is 0 Å². The largest absolute Gasteiger partial charge is 0.480 e. The van der Waals surface area contributed by atoms with E-state index in [1.165, 1.54) is 0 Å². The molecule has 0 heterocycles. The van der Waals surface area contributed by atoms with Gasteiger partial charge >= 0.3 is 5.97 Å². The summed E-state index contributed by atoms with van der Waals surface area (Å²) in [6.07, 6.45) is 1.17. The molecule has 0 saturated carbocycles. The molecule has 0 bridgehead atoms. The summed E-state index contributed by atoms with van der Waals surface area (Å²) in [4.78, 5) is 23.3. The zero-order valence-corrected chi connectivity index (χ0v) is 11.6. The van der Waals surface area contributed by atoms with Gasteiger partial charge in [0.2, 0.25) is 0 Å². The second-order valence-corrected chi connectivity index (χ2v) is 5.00. The number of aryl methyl sites for hydroxylation is 1. The zero-order valence-electron chi connectivity index (χ0n) is 11.6. The second-order valence-electron chi connectivity index (χ2n) is 5.00. The Labute approximate surface area is 113 Å². The predicted molar refractivity (Wildman–Crippen MR) is 74.2 cm³/mol. The first-order chi connectivity index (χ1) is 8.95. The van der Waals surface area contributed by atoms with Gasteiger partial charge in [-0.1, -0.05) is 39.0 Å². The van der Waals surface area contributed by atoms with Crippen LogP contribution in [0.15, 0.2) is 24.3 Å². The van der Waals surface area contributed by atoms with Gasteiger partial charge < -0.3 is 10.4 Å². The molecule has 2 N–H and O–H groups in total. The van der Waals surface area contributed by atoms with Crippen molar-refractivity contribution >= 4 is 11.9 Å². The van der Waals surface area contributed by atoms with E-state index in [-0.39, 0.29) is 11.8 Å². The van der Waals surface area contributed by atoms with Gasteiger partial charge in [0.05, 0.1) is 0 Å². The number of carboxylic acid groups (broad SMARTS) is 1. The maximum Gasteiger partial charge on any atom is 0.326 e. The third-order valence-electron chi connectivity index (χ3n) is 2.95. The zero-order chi connectivity index (χ0) is 14.4. The lowest BCUT2D eigenvalue weighted by molar-refractivity contribution is -0.139. The SMILES string of the molecule is CCc1ccccc1C(=O)N[C@H](CC(C)C)C(=O)O. The van der Waals surface area contributed by atoms with Crippen molar-refractivity contribution in [2.24, 2.45) is 5.92 Å². The van der Waals surface area contributed by atoms with Gasteiger partial charge in [-0.3, -0.25) is 4.79 Å². The maximum atomic E-state index is 12.1. The van der Waals surface area contributed by atoms with Crippen molar-refractivity contribution in [3.63, 3.8) is 0 Å². The number of aliphatic carboxylic acids is 1. The van der Waals surface area contributed by atoms with Gasteiger partial charge in [-0.25, -0.2) is 4.79 Å². The number of rotatable bonds is 6. The van der Waals surface area contributed by atoms with E-state index in [1.54, 1.807) is 12.1 Å². The Bertz CT molecular complexity index is 454. The van der Waals surface area contributed by atoms with Crippen LogP contribution in [0.3, 0.4) is 0 Å². The highest BCUT2D eigenvalue weighted by molar-refractivity contribution is 5.97. The minimum absolute atomic E-state index is 0.211. The number of carbonyl (C=O) groups is 2. The van der Waals surface area contributed by atoms with Crippen LogP contribution in [0.1, 0.15) is 43.1 Å². The van der Waals surface area contributed by atoms with Crippen molar-refractivity contribution in [3.05, 3.63) is 35.4 Å². The lowest BCUT2D eigenvalue weighted by Crippen LogP contribution is -2.41. The Hall–Kier alpha value is -1.84. The number of nitrogens with one attached hydrogen (secondary N) is 1. The van der Waals surface area contributed by atoms with Crippen molar-refractivity contribution in [1.29, 1.82) is 0 Å². The van der Waals surface area contributed by atoms with Gasteiger partial charge in [0, 0.05) is 5.56 Å². The molecule has 0 unspecified atom stereocenters. The van der Waals surface area contributed by atoms with Gasteiger partial charge in [-0.05, 0) is 30.4 Å². The molecule has 1 atom stereocenters. The van der Waals surface area contributed by atoms with E-state index in [0.29, 0.717) is 12.0 Å². The van der Waals surface area contributed by atoms with Crippen molar-refractivity contribution in [2.75, 3.05) is 0 Å². The van der Waals surface area contributed by atoms with Gasteiger partial charge in [-0.15, -0.1) is 0 Å². The Morgan fingerprint density at radius 2 is 1.89 bits per heavy atom. The van der Waals surface area contributed by atoms with Gasteiger partial charge in [0.25, 0.3) is 5.91 Å². The third-order valence-corrected chi connectivity index (χ3v) is 2.95. The van der Waals surface area contributed by atoms with E-state index < -0.39 is 12.0 Å². The molecule has 0 fully saturated rings. The molecule has 0 aliphatic carbocycles. The van der Waals surface area contributed by atoms with E-state index in [1.807, 2.05) is 32.9 Å². The Morgan fingerprint density at radius 3 is 2.42 bits per heavy atom. The fraction of sp³-hybridized carbons (Fsp3) is 0.467. The Balaban J connectivity index is 2.84. The molecule has 0 aromatic heterocycles. The fourth-order valence-electron chi connectivity index (χ4n) is 1.98. The lowest BCUT2D eigenvalue weighted by atomic mass is 10.0. The summed E-state index contributed by atoms with van der Waals surface area (Å²) in [5.74, 6) is -1.09. The topological polar surface area (TPSA) is 66.4 Å². The molecule has 1 amide bonds. The second kappa shape index (κ2) is 6.92. The first-order valence-corrected chi connectivity index (χ1v) is 6.57. The van der Waals surface area contributed by atoms with Crippen LogP contribution in [-0.4, -0.2) is 23.0 Å².